The Balaban J connectivity index is 1.56. The largest absolute Gasteiger partial charge is 0.437 e. The van der Waals surface area contributed by atoms with Crippen LogP contribution in [0.5, 0.6) is 5.75 Å². The fourth-order valence-corrected chi connectivity index (χ4v) is 3.20. The first-order chi connectivity index (χ1) is 16.2. The number of carbonyl (C=O) groups excluding carboxylic acids is 1. The number of para-hydroxylation sites is 2. The predicted octanol–water partition coefficient (Wildman–Crippen LogP) is 2.49. The number of aromatic nitrogens is 2. The third-order valence-corrected chi connectivity index (χ3v) is 4.93. The van der Waals surface area contributed by atoms with Gasteiger partial charge in [0.05, 0.1) is 24.6 Å². The van der Waals surface area contributed by atoms with Gasteiger partial charge in [-0.1, -0.05) is 12.1 Å². The van der Waals surface area contributed by atoms with Crippen LogP contribution in [-0.4, -0.2) is 67.8 Å². The number of hydrogen-bond acceptors (Lipinski definition) is 9. The molecule has 0 saturated carbocycles. The number of rotatable bonds is 12. The van der Waals surface area contributed by atoms with Crippen LogP contribution in [0.4, 0.5) is 11.6 Å². The molecule has 33 heavy (non-hydrogen) atoms. The van der Waals surface area contributed by atoms with Crippen molar-refractivity contribution in [1.82, 2.24) is 14.9 Å². The highest BCUT2D eigenvalue weighted by Gasteiger charge is 2.22. The molecule has 1 aliphatic heterocycles. The first-order valence-electron chi connectivity index (χ1n) is 10.7. The zero-order chi connectivity index (χ0) is 23.5. The Hall–Kier alpha value is -3.68. The lowest BCUT2D eigenvalue weighted by molar-refractivity contribution is -0.132. The van der Waals surface area contributed by atoms with Gasteiger partial charge >= 0.3 is 0 Å². The molecule has 2 aromatic rings. The lowest BCUT2D eigenvalue weighted by atomic mass is 10.2. The second kappa shape index (κ2) is 12.4. The van der Waals surface area contributed by atoms with Crippen LogP contribution in [0.1, 0.15) is 18.5 Å². The van der Waals surface area contributed by atoms with E-state index in [1.807, 2.05) is 24.3 Å². The van der Waals surface area contributed by atoms with Gasteiger partial charge in [-0.3, -0.25) is 4.79 Å². The van der Waals surface area contributed by atoms with Gasteiger partial charge < -0.3 is 29.7 Å². The standard InChI is InChI=1S/C23H28N6O4/c1-31-14-12-29(13-15-32-2)21(30)8-5-10-25-23-26-11-9-18(28-23)17(16-24)22-27-19-6-3-4-7-20(19)33-22/h3-4,6-7,9,11,27H,5,8,10,12-15H2,1-2H3,(H,25,26,28). The van der Waals surface area contributed by atoms with Gasteiger partial charge in [-0.25, -0.2) is 9.97 Å². The summed E-state index contributed by atoms with van der Waals surface area (Å²) in [6.07, 6.45) is 2.56. The van der Waals surface area contributed by atoms with Crippen LogP contribution < -0.4 is 15.4 Å². The minimum atomic E-state index is 0.0427. The molecular weight excluding hydrogens is 424 g/mol. The summed E-state index contributed by atoms with van der Waals surface area (Å²) in [5.41, 5.74) is 1.51. The molecule has 0 unspecified atom stereocenters. The Labute approximate surface area is 193 Å². The smallest absolute Gasteiger partial charge is 0.223 e. The maximum Gasteiger partial charge on any atom is 0.223 e. The van der Waals surface area contributed by atoms with E-state index < -0.39 is 0 Å². The molecule has 0 aliphatic carbocycles. The van der Waals surface area contributed by atoms with Crippen LogP contribution >= 0.6 is 0 Å². The summed E-state index contributed by atoms with van der Waals surface area (Å²) in [4.78, 5) is 22.9. The zero-order valence-corrected chi connectivity index (χ0v) is 18.8. The monoisotopic (exact) mass is 452 g/mol. The SMILES string of the molecule is COCCN(CCOC)C(=O)CCCNc1nccc(C(C#N)=C2Nc3ccccc3O2)n1. The van der Waals surface area contributed by atoms with E-state index in [4.69, 9.17) is 14.2 Å². The summed E-state index contributed by atoms with van der Waals surface area (Å²) >= 11 is 0. The van der Waals surface area contributed by atoms with E-state index in [-0.39, 0.29) is 11.5 Å². The lowest BCUT2D eigenvalue weighted by Crippen LogP contribution is -2.36. The van der Waals surface area contributed by atoms with Crippen LogP contribution in [0.3, 0.4) is 0 Å². The normalized spacial score (nSPS) is 13.4. The van der Waals surface area contributed by atoms with Crippen molar-refractivity contribution in [3.8, 4) is 11.8 Å². The number of allylic oxidation sites excluding steroid dienone is 1. The fraction of sp³-hybridized carbons (Fsp3) is 0.391. The Kier molecular flexibility index (Phi) is 8.99. The molecular formula is C23H28N6O4. The molecule has 3 rings (SSSR count). The summed E-state index contributed by atoms with van der Waals surface area (Å²) in [5.74, 6) is 1.41. The average Bonchev–Trinajstić information content (AvgIpc) is 3.26. The zero-order valence-electron chi connectivity index (χ0n) is 18.8. The highest BCUT2D eigenvalue weighted by molar-refractivity contribution is 5.81. The molecule has 0 bridgehead atoms. The van der Waals surface area contributed by atoms with Crippen LogP contribution in [-0.2, 0) is 14.3 Å². The quantitative estimate of drug-likeness (QED) is 0.369. The van der Waals surface area contributed by atoms with E-state index in [0.717, 1.165) is 5.69 Å². The Bertz CT molecular complexity index is 985. The van der Waals surface area contributed by atoms with Crippen molar-refractivity contribution < 1.29 is 19.0 Å². The Morgan fingerprint density at radius 3 is 2.67 bits per heavy atom. The second-order valence-electron chi connectivity index (χ2n) is 7.20. The van der Waals surface area contributed by atoms with Crippen molar-refractivity contribution in [2.45, 2.75) is 12.8 Å². The van der Waals surface area contributed by atoms with Gasteiger partial charge in [-0.2, -0.15) is 5.26 Å². The molecule has 1 amide bonds. The molecule has 10 heteroatoms. The number of nitrogens with one attached hydrogen (secondary N) is 2. The van der Waals surface area contributed by atoms with Crippen LogP contribution in [0.2, 0.25) is 0 Å². The number of nitriles is 1. The van der Waals surface area contributed by atoms with Crippen molar-refractivity contribution in [3.63, 3.8) is 0 Å². The van der Waals surface area contributed by atoms with E-state index >= 15 is 0 Å². The number of fused-ring (bicyclic) bond motifs is 1. The number of anilines is 2. The molecule has 1 aliphatic rings. The number of methoxy groups -OCH3 is 2. The molecule has 10 nitrogen and oxygen atoms in total. The number of hydrogen-bond donors (Lipinski definition) is 2. The number of amides is 1. The van der Waals surface area contributed by atoms with Crippen LogP contribution in [0.15, 0.2) is 42.4 Å². The van der Waals surface area contributed by atoms with E-state index in [0.29, 0.717) is 69.0 Å². The highest BCUT2D eigenvalue weighted by atomic mass is 16.5. The molecule has 1 aromatic heterocycles. The number of nitrogens with zero attached hydrogens (tertiary/aromatic N) is 4. The van der Waals surface area contributed by atoms with E-state index in [1.165, 1.54) is 0 Å². The molecule has 0 radical (unpaired) electrons. The molecule has 0 atom stereocenters. The van der Waals surface area contributed by atoms with Gasteiger partial charge in [0.1, 0.15) is 11.6 Å². The topological polar surface area (TPSA) is 122 Å². The molecule has 0 fully saturated rings. The van der Waals surface area contributed by atoms with E-state index in [9.17, 15) is 10.1 Å². The minimum Gasteiger partial charge on any atom is -0.437 e. The Morgan fingerprint density at radius 2 is 1.97 bits per heavy atom. The summed E-state index contributed by atoms with van der Waals surface area (Å²) in [5, 5.41) is 15.9. The highest BCUT2D eigenvalue weighted by Crippen LogP contribution is 2.35. The minimum absolute atomic E-state index is 0.0427. The number of ether oxygens (including phenoxy) is 3. The maximum absolute atomic E-state index is 12.5. The third-order valence-electron chi connectivity index (χ3n) is 4.93. The molecule has 0 spiro atoms. The average molecular weight is 453 g/mol. The number of carbonyl (C=O) groups is 1. The predicted molar refractivity (Wildman–Crippen MR) is 123 cm³/mol. The fourth-order valence-electron chi connectivity index (χ4n) is 3.20. The lowest BCUT2D eigenvalue weighted by Gasteiger charge is -2.22. The van der Waals surface area contributed by atoms with Crippen molar-refractivity contribution >= 4 is 23.1 Å². The Morgan fingerprint density at radius 1 is 1.21 bits per heavy atom. The first kappa shape index (κ1) is 24.0. The maximum atomic E-state index is 12.5. The van der Waals surface area contributed by atoms with Crippen molar-refractivity contribution in [3.05, 3.63) is 48.1 Å². The summed E-state index contributed by atoms with van der Waals surface area (Å²) in [6.45, 7) is 2.53. The van der Waals surface area contributed by atoms with Gasteiger partial charge in [0.15, 0.2) is 5.75 Å². The molecule has 1 aromatic carbocycles. The molecule has 0 saturated heterocycles. The van der Waals surface area contributed by atoms with Gasteiger partial charge in [-0.05, 0) is 24.6 Å². The van der Waals surface area contributed by atoms with Gasteiger partial charge in [0, 0.05) is 46.5 Å². The van der Waals surface area contributed by atoms with Gasteiger partial charge in [0.25, 0.3) is 0 Å². The first-order valence-corrected chi connectivity index (χ1v) is 10.7. The summed E-state index contributed by atoms with van der Waals surface area (Å²) < 4.78 is 15.9. The third kappa shape index (κ3) is 6.65. The van der Waals surface area contributed by atoms with Gasteiger partial charge in [0.2, 0.25) is 17.7 Å². The van der Waals surface area contributed by atoms with Crippen molar-refractivity contribution in [2.75, 3.05) is 57.7 Å². The van der Waals surface area contributed by atoms with Crippen molar-refractivity contribution in [2.24, 2.45) is 0 Å². The van der Waals surface area contributed by atoms with Crippen LogP contribution in [0, 0.1) is 11.3 Å². The number of benzene rings is 1. The van der Waals surface area contributed by atoms with E-state index in [2.05, 4.69) is 26.7 Å². The van der Waals surface area contributed by atoms with Crippen molar-refractivity contribution in [1.29, 1.82) is 5.26 Å². The van der Waals surface area contributed by atoms with E-state index in [1.54, 1.807) is 31.4 Å². The molecule has 174 valence electrons. The van der Waals surface area contributed by atoms with Crippen LogP contribution in [0.25, 0.3) is 5.57 Å². The molecule has 2 N–H and O–H groups in total. The summed E-state index contributed by atoms with van der Waals surface area (Å²) in [6, 6.07) is 11.2. The summed E-state index contributed by atoms with van der Waals surface area (Å²) in [7, 11) is 3.22. The van der Waals surface area contributed by atoms with Gasteiger partial charge in [-0.15, -0.1) is 0 Å². The molecule has 2 heterocycles. The second-order valence-corrected chi connectivity index (χ2v) is 7.20.